The summed E-state index contributed by atoms with van der Waals surface area (Å²) in [5.41, 5.74) is 2.59. The maximum absolute atomic E-state index is 5.71. The summed E-state index contributed by atoms with van der Waals surface area (Å²) in [5, 5.41) is 8.59. The van der Waals surface area contributed by atoms with Crippen molar-refractivity contribution in [3.05, 3.63) is 35.9 Å². The average Bonchev–Trinajstić information content (AvgIpc) is 3.18. The minimum atomic E-state index is 0.497. The van der Waals surface area contributed by atoms with Crippen molar-refractivity contribution in [3.8, 4) is 0 Å². The number of ether oxygens (including phenoxy) is 1. The van der Waals surface area contributed by atoms with Gasteiger partial charge in [-0.15, -0.1) is 0 Å². The van der Waals surface area contributed by atoms with Crippen LogP contribution in [0.2, 0.25) is 0 Å². The van der Waals surface area contributed by atoms with Crippen LogP contribution in [0.25, 0.3) is 0 Å². The van der Waals surface area contributed by atoms with Gasteiger partial charge in [-0.2, -0.15) is 10.2 Å². The molecule has 0 amide bonds. The van der Waals surface area contributed by atoms with E-state index in [0.29, 0.717) is 11.8 Å². The fourth-order valence-corrected chi connectivity index (χ4v) is 3.35. The fourth-order valence-electron chi connectivity index (χ4n) is 3.35. The first-order valence-corrected chi connectivity index (χ1v) is 7.92. The van der Waals surface area contributed by atoms with Gasteiger partial charge >= 0.3 is 0 Å². The first-order chi connectivity index (χ1) is 10.7. The Morgan fingerprint density at radius 2 is 1.91 bits per heavy atom. The van der Waals surface area contributed by atoms with Crippen molar-refractivity contribution in [2.24, 2.45) is 20.0 Å². The van der Waals surface area contributed by atoms with Gasteiger partial charge in [-0.1, -0.05) is 0 Å². The van der Waals surface area contributed by atoms with Crippen molar-refractivity contribution < 1.29 is 4.74 Å². The van der Waals surface area contributed by atoms with Gasteiger partial charge in [0.1, 0.15) is 0 Å². The number of aryl methyl sites for hydroxylation is 2. The van der Waals surface area contributed by atoms with Crippen LogP contribution in [0.1, 0.15) is 24.0 Å². The number of aromatic nitrogens is 4. The summed E-state index contributed by atoms with van der Waals surface area (Å²) in [7, 11) is 3.94. The highest BCUT2D eigenvalue weighted by atomic mass is 16.5. The highest BCUT2D eigenvalue weighted by molar-refractivity contribution is 5.17. The summed E-state index contributed by atoms with van der Waals surface area (Å²) in [5.74, 6) is 1.03. The quantitative estimate of drug-likeness (QED) is 0.809. The summed E-state index contributed by atoms with van der Waals surface area (Å²) >= 11 is 0. The predicted octanol–water partition coefficient (Wildman–Crippen LogP) is 1.41. The highest BCUT2D eigenvalue weighted by Gasteiger charge is 2.34. The lowest BCUT2D eigenvalue weighted by Crippen LogP contribution is -2.21. The molecule has 0 spiro atoms. The van der Waals surface area contributed by atoms with Crippen LogP contribution >= 0.6 is 0 Å². The molecule has 120 valence electrons. The second-order valence-electron chi connectivity index (χ2n) is 6.19. The molecular weight excluding hydrogens is 278 g/mol. The Labute approximate surface area is 131 Å². The second-order valence-corrected chi connectivity index (χ2v) is 6.19. The fraction of sp³-hybridized carbons (Fsp3) is 0.625. The lowest BCUT2D eigenvalue weighted by Gasteiger charge is -2.16. The third-order valence-electron chi connectivity index (χ3n) is 4.37. The molecule has 0 N–H and O–H groups in total. The zero-order valence-electron chi connectivity index (χ0n) is 13.6. The zero-order valence-corrected chi connectivity index (χ0v) is 13.6. The van der Waals surface area contributed by atoms with Crippen LogP contribution in [-0.4, -0.2) is 50.8 Å². The maximum atomic E-state index is 5.71. The van der Waals surface area contributed by atoms with E-state index in [0.717, 1.165) is 32.8 Å². The standard InChI is InChI=1S/C16H25N5O/c1-4-22-12-15-10-21(8-13-5-17-19(2)7-13)11-16(15)14-6-18-20(3)9-14/h5-7,9,15-16H,4,8,10-12H2,1-3H3/t15-,16-/m0/s1. The van der Waals surface area contributed by atoms with E-state index in [1.54, 1.807) is 0 Å². The summed E-state index contributed by atoms with van der Waals surface area (Å²) in [6.45, 7) is 6.72. The van der Waals surface area contributed by atoms with E-state index in [9.17, 15) is 0 Å². The van der Waals surface area contributed by atoms with Crippen molar-refractivity contribution in [1.29, 1.82) is 0 Å². The second kappa shape index (κ2) is 6.62. The smallest absolute Gasteiger partial charge is 0.0534 e. The van der Waals surface area contributed by atoms with Gasteiger partial charge in [0.05, 0.1) is 19.0 Å². The van der Waals surface area contributed by atoms with Crippen LogP contribution in [0.5, 0.6) is 0 Å². The van der Waals surface area contributed by atoms with Crippen molar-refractivity contribution in [1.82, 2.24) is 24.5 Å². The predicted molar refractivity (Wildman–Crippen MR) is 84.4 cm³/mol. The van der Waals surface area contributed by atoms with Crippen LogP contribution < -0.4 is 0 Å². The van der Waals surface area contributed by atoms with Crippen molar-refractivity contribution in [2.45, 2.75) is 19.4 Å². The molecule has 0 unspecified atom stereocenters. The largest absolute Gasteiger partial charge is 0.381 e. The van der Waals surface area contributed by atoms with E-state index in [1.165, 1.54) is 11.1 Å². The lowest BCUT2D eigenvalue weighted by atomic mass is 9.92. The number of rotatable bonds is 6. The molecule has 0 aliphatic carbocycles. The van der Waals surface area contributed by atoms with E-state index in [2.05, 4.69) is 34.4 Å². The van der Waals surface area contributed by atoms with Crippen LogP contribution in [0.15, 0.2) is 24.8 Å². The number of hydrogen-bond donors (Lipinski definition) is 0. The minimum Gasteiger partial charge on any atom is -0.381 e. The number of nitrogens with zero attached hydrogens (tertiary/aromatic N) is 5. The van der Waals surface area contributed by atoms with E-state index < -0.39 is 0 Å². The normalized spacial score (nSPS) is 22.5. The Bertz CT molecular complexity index is 605. The molecule has 3 rings (SSSR count). The van der Waals surface area contributed by atoms with Crippen LogP contribution in [0.4, 0.5) is 0 Å². The molecule has 0 radical (unpaired) electrons. The van der Waals surface area contributed by atoms with Crippen molar-refractivity contribution >= 4 is 0 Å². The molecule has 0 aromatic carbocycles. The monoisotopic (exact) mass is 303 g/mol. The topological polar surface area (TPSA) is 48.1 Å². The van der Waals surface area contributed by atoms with Crippen LogP contribution in [0.3, 0.4) is 0 Å². The van der Waals surface area contributed by atoms with E-state index in [-0.39, 0.29) is 0 Å². The molecule has 1 fully saturated rings. The Kier molecular flexibility index (Phi) is 4.59. The van der Waals surface area contributed by atoms with Gasteiger partial charge in [0.15, 0.2) is 0 Å². The third-order valence-corrected chi connectivity index (χ3v) is 4.37. The van der Waals surface area contributed by atoms with Gasteiger partial charge in [-0.3, -0.25) is 14.3 Å². The molecule has 22 heavy (non-hydrogen) atoms. The Morgan fingerprint density at radius 1 is 1.14 bits per heavy atom. The SMILES string of the molecule is CCOC[C@@H]1CN(Cc2cnn(C)c2)C[C@H]1c1cnn(C)c1. The molecule has 2 aromatic rings. The molecular formula is C16H25N5O. The number of likely N-dealkylation sites (tertiary alicyclic amines) is 1. The highest BCUT2D eigenvalue weighted by Crippen LogP contribution is 2.33. The van der Waals surface area contributed by atoms with E-state index >= 15 is 0 Å². The molecule has 0 bridgehead atoms. The minimum absolute atomic E-state index is 0.497. The molecule has 2 aromatic heterocycles. The number of hydrogen-bond acceptors (Lipinski definition) is 4. The van der Waals surface area contributed by atoms with Crippen LogP contribution in [-0.2, 0) is 25.4 Å². The lowest BCUT2D eigenvalue weighted by molar-refractivity contribution is 0.107. The van der Waals surface area contributed by atoms with Gasteiger partial charge in [-0.25, -0.2) is 0 Å². The van der Waals surface area contributed by atoms with Crippen molar-refractivity contribution in [3.63, 3.8) is 0 Å². The molecule has 1 saturated heterocycles. The van der Waals surface area contributed by atoms with Gasteiger partial charge < -0.3 is 4.74 Å². The molecule has 6 nitrogen and oxygen atoms in total. The Morgan fingerprint density at radius 3 is 2.55 bits per heavy atom. The molecule has 1 aliphatic rings. The summed E-state index contributed by atoms with van der Waals surface area (Å²) in [6.07, 6.45) is 8.18. The Hall–Kier alpha value is -1.66. The van der Waals surface area contributed by atoms with Gasteiger partial charge in [0.25, 0.3) is 0 Å². The van der Waals surface area contributed by atoms with Gasteiger partial charge in [-0.05, 0) is 12.5 Å². The summed E-state index contributed by atoms with van der Waals surface area (Å²) in [6, 6.07) is 0. The van der Waals surface area contributed by atoms with Crippen LogP contribution in [0, 0.1) is 5.92 Å². The van der Waals surface area contributed by atoms with Gasteiger partial charge in [0.2, 0.25) is 0 Å². The molecule has 3 heterocycles. The summed E-state index contributed by atoms with van der Waals surface area (Å²) < 4.78 is 9.46. The Balaban J connectivity index is 1.70. The molecule has 1 aliphatic heterocycles. The average molecular weight is 303 g/mol. The first-order valence-electron chi connectivity index (χ1n) is 7.92. The first kappa shape index (κ1) is 15.2. The molecule has 2 atom stereocenters. The van der Waals surface area contributed by atoms with E-state index in [4.69, 9.17) is 4.74 Å². The third kappa shape index (κ3) is 3.39. The van der Waals surface area contributed by atoms with Crippen molar-refractivity contribution in [2.75, 3.05) is 26.3 Å². The zero-order chi connectivity index (χ0) is 15.5. The molecule has 6 heteroatoms. The van der Waals surface area contributed by atoms with E-state index in [1.807, 2.05) is 35.9 Å². The molecule has 0 saturated carbocycles. The summed E-state index contributed by atoms with van der Waals surface area (Å²) in [4.78, 5) is 2.50. The van der Waals surface area contributed by atoms with Gasteiger partial charge in [0, 0.05) is 70.1 Å². The maximum Gasteiger partial charge on any atom is 0.0534 e.